The van der Waals surface area contributed by atoms with Crippen LogP contribution in [-0.4, -0.2) is 20.0 Å². The van der Waals surface area contributed by atoms with Gasteiger partial charge in [0.1, 0.15) is 5.01 Å². The Bertz CT molecular complexity index is 564. The van der Waals surface area contributed by atoms with Crippen LogP contribution in [0.25, 0.3) is 10.7 Å². The Morgan fingerprint density at radius 1 is 1.16 bits per heavy atom. The second-order valence-electron chi connectivity index (χ2n) is 5.77. The molecule has 0 radical (unpaired) electrons. The van der Waals surface area contributed by atoms with Gasteiger partial charge in [-0.05, 0) is 37.7 Å². The largest absolute Gasteiger partial charge is 0.262 e. The average Bonchev–Trinajstić information content (AvgIpc) is 2.92. The molecule has 2 heterocycles. The van der Waals surface area contributed by atoms with Crippen LogP contribution in [0.5, 0.6) is 0 Å². The van der Waals surface area contributed by atoms with E-state index in [0.29, 0.717) is 5.92 Å². The Labute approximate surface area is 116 Å². The first-order valence-electron chi connectivity index (χ1n) is 7.26. The molecule has 2 aromatic heterocycles. The van der Waals surface area contributed by atoms with Crippen LogP contribution in [0.2, 0.25) is 0 Å². The molecule has 19 heavy (non-hydrogen) atoms. The molecular weight excluding hydrogens is 256 g/mol. The summed E-state index contributed by atoms with van der Waals surface area (Å²) in [5, 5.41) is 15.5. The third kappa shape index (κ3) is 2.31. The Morgan fingerprint density at radius 2 is 2.00 bits per heavy atom. The van der Waals surface area contributed by atoms with Crippen molar-refractivity contribution < 1.29 is 0 Å². The van der Waals surface area contributed by atoms with E-state index < -0.39 is 0 Å². The van der Waals surface area contributed by atoms with Crippen LogP contribution >= 0.6 is 11.3 Å². The fraction of sp³-hybridized carbons (Fsp3) is 0.643. The lowest BCUT2D eigenvalue weighted by molar-refractivity contribution is 0.568. The molecule has 0 unspecified atom stereocenters. The highest BCUT2D eigenvalue weighted by atomic mass is 32.1. The van der Waals surface area contributed by atoms with Crippen molar-refractivity contribution in [2.24, 2.45) is 5.92 Å². The summed E-state index contributed by atoms with van der Waals surface area (Å²) in [6.45, 7) is 1.04. The summed E-state index contributed by atoms with van der Waals surface area (Å²) < 4.78 is 2.11. The quantitative estimate of drug-likeness (QED) is 0.857. The topological polar surface area (TPSA) is 43.6 Å². The maximum Gasteiger partial charge on any atom is 0.165 e. The standard InChI is InChI=1S/C14H18N4S/c1-2-4-11(3-1)13-16-17-14(19-13)12-7-8-15-18(12)9-10-5-6-10/h7-8,10-11H,1-6,9H2. The third-order valence-electron chi connectivity index (χ3n) is 4.21. The molecule has 2 aliphatic carbocycles. The van der Waals surface area contributed by atoms with E-state index in [1.165, 1.54) is 43.5 Å². The Kier molecular flexibility index (Phi) is 2.87. The minimum absolute atomic E-state index is 0.658. The van der Waals surface area contributed by atoms with Gasteiger partial charge in [0.15, 0.2) is 5.01 Å². The van der Waals surface area contributed by atoms with E-state index in [0.717, 1.165) is 23.2 Å². The van der Waals surface area contributed by atoms with Gasteiger partial charge in [0, 0.05) is 18.7 Å². The van der Waals surface area contributed by atoms with Crippen molar-refractivity contribution in [3.8, 4) is 10.7 Å². The van der Waals surface area contributed by atoms with E-state index in [1.54, 1.807) is 11.3 Å². The lowest BCUT2D eigenvalue weighted by Crippen LogP contribution is -2.03. The molecule has 0 atom stereocenters. The molecule has 0 aliphatic heterocycles. The molecule has 0 aromatic carbocycles. The zero-order valence-electron chi connectivity index (χ0n) is 11.0. The summed E-state index contributed by atoms with van der Waals surface area (Å²) >= 11 is 1.77. The first-order chi connectivity index (χ1) is 9.40. The van der Waals surface area contributed by atoms with Gasteiger partial charge in [-0.2, -0.15) is 5.10 Å². The van der Waals surface area contributed by atoms with Gasteiger partial charge in [0.2, 0.25) is 0 Å². The molecule has 100 valence electrons. The van der Waals surface area contributed by atoms with Gasteiger partial charge in [-0.25, -0.2) is 0 Å². The maximum absolute atomic E-state index is 4.44. The number of nitrogens with zero attached hydrogens (tertiary/aromatic N) is 4. The van der Waals surface area contributed by atoms with Crippen LogP contribution in [0.4, 0.5) is 0 Å². The van der Waals surface area contributed by atoms with Crippen molar-refractivity contribution in [1.82, 2.24) is 20.0 Å². The van der Waals surface area contributed by atoms with Gasteiger partial charge in [0.25, 0.3) is 0 Å². The summed E-state index contributed by atoms with van der Waals surface area (Å²) in [5.74, 6) is 1.49. The first-order valence-corrected chi connectivity index (χ1v) is 8.07. The van der Waals surface area contributed by atoms with Crippen LogP contribution in [0.15, 0.2) is 12.3 Å². The predicted molar refractivity (Wildman–Crippen MR) is 75.1 cm³/mol. The van der Waals surface area contributed by atoms with Crippen LogP contribution in [0, 0.1) is 5.92 Å². The SMILES string of the molecule is c1cc(-c2nnc(C3CCCC3)s2)n(CC2CC2)n1. The summed E-state index contributed by atoms with van der Waals surface area (Å²) in [4.78, 5) is 0. The molecule has 2 aromatic rings. The Morgan fingerprint density at radius 3 is 2.79 bits per heavy atom. The molecular formula is C14H18N4S. The zero-order valence-corrected chi connectivity index (χ0v) is 11.8. The van der Waals surface area contributed by atoms with E-state index in [4.69, 9.17) is 0 Å². The van der Waals surface area contributed by atoms with Crippen molar-refractivity contribution in [3.63, 3.8) is 0 Å². The summed E-state index contributed by atoms with van der Waals surface area (Å²) in [6.07, 6.45) is 9.85. The zero-order chi connectivity index (χ0) is 12.7. The molecule has 4 rings (SSSR count). The number of aromatic nitrogens is 4. The number of hydrogen-bond acceptors (Lipinski definition) is 4. The highest BCUT2D eigenvalue weighted by Crippen LogP contribution is 2.38. The summed E-state index contributed by atoms with van der Waals surface area (Å²) in [6, 6.07) is 2.07. The van der Waals surface area contributed by atoms with E-state index in [9.17, 15) is 0 Å². The minimum Gasteiger partial charge on any atom is -0.262 e. The van der Waals surface area contributed by atoms with Gasteiger partial charge in [-0.3, -0.25) is 4.68 Å². The molecule has 0 saturated heterocycles. The molecule has 2 aliphatic rings. The maximum atomic E-state index is 4.44. The third-order valence-corrected chi connectivity index (χ3v) is 5.32. The molecule has 0 bridgehead atoms. The van der Waals surface area contributed by atoms with Crippen LogP contribution in [0.3, 0.4) is 0 Å². The fourth-order valence-electron chi connectivity index (χ4n) is 2.88. The van der Waals surface area contributed by atoms with E-state index in [2.05, 4.69) is 26.0 Å². The van der Waals surface area contributed by atoms with E-state index in [-0.39, 0.29) is 0 Å². The average molecular weight is 274 g/mol. The molecule has 4 nitrogen and oxygen atoms in total. The second-order valence-corrected chi connectivity index (χ2v) is 6.78. The van der Waals surface area contributed by atoms with Gasteiger partial charge in [-0.15, -0.1) is 10.2 Å². The Hall–Kier alpha value is -1.23. The first kappa shape index (κ1) is 11.6. The van der Waals surface area contributed by atoms with Crippen molar-refractivity contribution >= 4 is 11.3 Å². The molecule has 0 amide bonds. The molecule has 5 heteroatoms. The van der Waals surface area contributed by atoms with Gasteiger partial charge >= 0.3 is 0 Å². The van der Waals surface area contributed by atoms with Crippen LogP contribution in [0.1, 0.15) is 49.5 Å². The van der Waals surface area contributed by atoms with Crippen molar-refractivity contribution in [3.05, 3.63) is 17.3 Å². The van der Waals surface area contributed by atoms with Crippen molar-refractivity contribution in [2.45, 2.75) is 51.0 Å². The van der Waals surface area contributed by atoms with Gasteiger partial charge < -0.3 is 0 Å². The van der Waals surface area contributed by atoms with Crippen molar-refractivity contribution in [2.75, 3.05) is 0 Å². The summed E-state index contributed by atoms with van der Waals surface area (Å²) in [5.41, 5.74) is 1.15. The van der Waals surface area contributed by atoms with Gasteiger partial charge in [0.05, 0.1) is 5.69 Å². The molecule has 2 fully saturated rings. The fourth-order valence-corrected chi connectivity index (χ4v) is 3.92. The normalized spacial score (nSPS) is 20.2. The highest BCUT2D eigenvalue weighted by molar-refractivity contribution is 7.14. The van der Waals surface area contributed by atoms with Gasteiger partial charge in [-0.1, -0.05) is 24.2 Å². The smallest absolute Gasteiger partial charge is 0.165 e. The summed E-state index contributed by atoms with van der Waals surface area (Å²) in [7, 11) is 0. The highest BCUT2D eigenvalue weighted by Gasteiger charge is 2.25. The predicted octanol–water partition coefficient (Wildman–Crippen LogP) is 3.47. The monoisotopic (exact) mass is 274 g/mol. The number of rotatable bonds is 4. The van der Waals surface area contributed by atoms with E-state index >= 15 is 0 Å². The lowest BCUT2D eigenvalue weighted by atomic mass is 10.1. The Balaban J connectivity index is 1.59. The van der Waals surface area contributed by atoms with Crippen molar-refractivity contribution in [1.29, 1.82) is 0 Å². The second kappa shape index (κ2) is 4.71. The lowest BCUT2D eigenvalue weighted by Gasteiger charge is -2.03. The minimum atomic E-state index is 0.658. The molecule has 2 saturated carbocycles. The van der Waals surface area contributed by atoms with E-state index in [1.807, 2.05) is 6.20 Å². The van der Waals surface area contributed by atoms with Crippen LogP contribution < -0.4 is 0 Å². The number of hydrogen-bond donors (Lipinski definition) is 0. The molecule has 0 spiro atoms. The van der Waals surface area contributed by atoms with Crippen LogP contribution in [-0.2, 0) is 6.54 Å². The molecule has 0 N–H and O–H groups in total.